The van der Waals surface area contributed by atoms with E-state index >= 15 is 0 Å². The number of ether oxygens (including phenoxy) is 4. The number of benzene rings is 2. The normalized spacial score (nSPS) is 10.7. The summed E-state index contributed by atoms with van der Waals surface area (Å²) < 4.78 is 21.0. The largest absolute Gasteiger partial charge is 0.493 e. The van der Waals surface area contributed by atoms with Gasteiger partial charge in [0.25, 0.3) is 0 Å². The predicted molar refractivity (Wildman–Crippen MR) is 98.4 cm³/mol. The van der Waals surface area contributed by atoms with E-state index in [0.29, 0.717) is 33.9 Å². The molecule has 0 aliphatic heterocycles. The fraction of sp³-hybridized carbons (Fsp3) is 0.211. The molecule has 0 N–H and O–H groups in total. The molecular formula is C19H18N2O6. The Balaban J connectivity index is 2.70. The van der Waals surface area contributed by atoms with E-state index < -0.39 is 4.92 Å². The molecule has 8 heteroatoms. The van der Waals surface area contributed by atoms with Gasteiger partial charge in [0.15, 0.2) is 17.2 Å². The van der Waals surface area contributed by atoms with Crippen molar-refractivity contribution in [2.24, 2.45) is 0 Å². The molecule has 0 atom stereocenters. The summed E-state index contributed by atoms with van der Waals surface area (Å²) >= 11 is 0. The summed E-state index contributed by atoms with van der Waals surface area (Å²) in [6.07, 6.45) is 1.30. The molecule has 0 saturated heterocycles. The van der Waals surface area contributed by atoms with Crippen LogP contribution in [-0.4, -0.2) is 33.4 Å². The van der Waals surface area contributed by atoms with Crippen molar-refractivity contribution in [3.8, 4) is 29.1 Å². The standard InChI is InChI=1S/C19H18N2O6/c1-24-16-6-5-12(9-15(16)21(22)23)14(7-8-20)13-10-17(25-2)19(27-4)18(11-13)26-3/h5-7,9-11H,1-4H3. The Morgan fingerprint density at radius 2 is 1.56 bits per heavy atom. The Morgan fingerprint density at radius 1 is 0.963 bits per heavy atom. The average molecular weight is 370 g/mol. The SMILES string of the molecule is COc1ccc(C(=CC#N)c2cc(OC)c(OC)c(OC)c2)cc1[N+](=O)[O-]. The molecule has 0 bridgehead atoms. The van der Waals surface area contributed by atoms with Crippen molar-refractivity contribution in [1.82, 2.24) is 0 Å². The molecule has 2 aromatic rings. The number of rotatable bonds is 7. The molecular weight excluding hydrogens is 352 g/mol. The van der Waals surface area contributed by atoms with Gasteiger partial charge in [-0.2, -0.15) is 5.26 Å². The van der Waals surface area contributed by atoms with E-state index in [1.165, 1.54) is 46.6 Å². The summed E-state index contributed by atoms with van der Waals surface area (Å²) in [5.74, 6) is 1.34. The summed E-state index contributed by atoms with van der Waals surface area (Å²) in [7, 11) is 5.80. The molecule has 2 rings (SSSR count). The molecule has 0 spiro atoms. The smallest absolute Gasteiger partial charge is 0.311 e. The van der Waals surface area contributed by atoms with Crippen molar-refractivity contribution in [1.29, 1.82) is 5.26 Å². The second-order valence-corrected chi connectivity index (χ2v) is 5.24. The zero-order valence-corrected chi connectivity index (χ0v) is 15.3. The van der Waals surface area contributed by atoms with Crippen LogP contribution in [-0.2, 0) is 0 Å². The Morgan fingerprint density at radius 3 is 2.00 bits per heavy atom. The lowest BCUT2D eigenvalue weighted by Gasteiger charge is -2.16. The Kier molecular flexibility index (Phi) is 6.23. The lowest BCUT2D eigenvalue weighted by Crippen LogP contribution is -1.99. The Labute approximate surface area is 156 Å². The van der Waals surface area contributed by atoms with E-state index in [9.17, 15) is 15.4 Å². The van der Waals surface area contributed by atoms with Gasteiger partial charge in [0.1, 0.15) is 0 Å². The minimum atomic E-state index is -0.540. The maximum Gasteiger partial charge on any atom is 0.311 e. The van der Waals surface area contributed by atoms with Crippen LogP contribution in [0.5, 0.6) is 23.0 Å². The maximum absolute atomic E-state index is 11.3. The van der Waals surface area contributed by atoms with Crippen molar-refractivity contribution in [3.63, 3.8) is 0 Å². The van der Waals surface area contributed by atoms with Crippen LogP contribution in [0, 0.1) is 21.4 Å². The van der Waals surface area contributed by atoms with Crippen LogP contribution in [0.3, 0.4) is 0 Å². The van der Waals surface area contributed by atoms with Crippen molar-refractivity contribution in [2.45, 2.75) is 0 Å². The van der Waals surface area contributed by atoms with E-state index in [-0.39, 0.29) is 11.4 Å². The fourth-order valence-corrected chi connectivity index (χ4v) is 2.63. The van der Waals surface area contributed by atoms with Gasteiger partial charge in [-0.05, 0) is 34.9 Å². The monoisotopic (exact) mass is 370 g/mol. The second kappa shape index (κ2) is 8.58. The number of nitrogens with zero attached hydrogens (tertiary/aromatic N) is 2. The summed E-state index contributed by atoms with van der Waals surface area (Å²) in [6, 6.07) is 9.78. The van der Waals surface area contributed by atoms with Crippen molar-refractivity contribution >= 4 is 11.3 Å². The maximum atomic E-state index is 11.3. The van der Waals surface area contributed by atoms with Gasteiger partial charge in [-0.1, -0.05) is 6.07 Å². The van der Waals surface area contributed by atoms with E-state index in [2.05, 4.69) is 0 Å². The van der Waals surface area contributed by atoms with E-state index in [0.717, 1.165) is 0 Å². The first kappa shape index (κ1) is 19.6. The highest BCUT2D eigenvalue weighted by molar-refractivity contribution is 5.84. The van der Waals surface area contributed by atoms with Crippen LogP contribution in [0.1, 0.15) is 11.1 Å². The average Bonchev–Trinajstić information content (AvgIpc) is 2.70. The molecule has 0 amide bonds. The number of nitro benzene ring substituents is 1. The van der Waals surface area contributed by atoms with Gasteiger partial charge in [0, 0.05) is 12.1 Å². The third kappa shape index (κ3) is 3.93. The lowest BCUT2D eigenvalue weighted by atomic mass is 9.96. The van der Waals surface area contributed by atoms with Crippen LogP contribution in [0.25, 0.3) is 5.57 Å². The summed E-state index contributed by atoms with van der Waals surface area (Å²) in [5.41, 5.74) is 1.30. The Hall–Kier alpha value is -3.73. The quantitative estimate of drug-likeness (QED) is 0.417. The first-order chi connectivity index (χ1) is 13.0. The number of nitro groups is 1. The van der Waals surface area contributed by atoms with Crippen molar-refractivity contribution in [3.05, 3.63) is 57.6 Å². The molecule has 0 aromatic heterocycles. The highest BCUT2D eigenvalue weighted by Gasteiger charge is 2.20. The molecule has 8 nitrogen and oxygen atoms in total. The van der Waals surface area contributed by atoms with Gasteiger partial charge in [0.2, 0.25) is 5.75 Å². The molecule has 0 unspecified atom stereocenters. The predicted octanol–water partition coefficient (Wildman–Crippen LogP) is 3.58. The van der Waals surface area contributed by atoms with Gasteiger partial charge < -0.3 is 18.9 Å². The zero-order valence-electron chi connectivity index (χ0n) is 15.3. The highest BCUT2D eigenvalue weighted by Crippen LogP contribution is 2.41. The van der Waals surface area contributed by atoms with E-state index in [4.69, 9.17) is 18.9 Å². The molecule has 140 valence electrons. The van der Waals surface area contributed by atoms with Gasteiger partial charge >= 0.3 is 5.69 Å². The third-order valence-corrected chi connectivity index (χ3v) is 3.87. The van der Waals surface area contributed by atoms with Crippen LogP contribution in [0.4, 0.5) is 5.69 Å². The van der Waals surface area contributed by atoms with Gasteiger partial charge in [-0.25, -0.2) is 0 Å². The molecule has 0 radical (unpaired) electrons. The third-order valence-electron chi connectivity index (χ3n) is 3.87. The Bertz CT molecular complexity index is 905. The van der Waals surface area contributed by atoms with Crippen LogP contribution < -0.4 is 18.9 Å². The van der Waals surface area contributed by atoms with E-state index in [1.54, 1.807) is 18.2 Å². The molecule has 0 fully saturated rings. The second-order valence-electron chi connectivity index (χ2n) is 5.24. The van der Waals surface area contributed by atoms with Crippen LogP contribution in [0.2, 0.25) is 0 Å². The fourth-order valence-electron chi connectivity index (χ4n) is 2.63. The highest BCUT2D eigenvalue weighted by atomic mass is 16.6. The molecule has 0 aliphatic rings. The first-order valence-electron chi connectivity index (χ1n) is 7.73. The number of hydrogen-bond acceptors (Lipinski definition) is 7. The molecule has 0 heterocycles. The van der Waals surface area contributed by atoms with Crippen molar-refractivity contribution < 1.29 is 23.9 Å². The van der Waals surface area contributed by atoms with Crippen LogP contribution in [0.15, 0.2) is 36.4 Å². The molecule has 2 aromatic carbocycles. The minimum Gasteiger partial charge on any atom is -0.493 e. The first-order valence-corrected chi connectivity index (χ1v) is 7.73. The van der Waals surface area contributed by atoms with Gasteiger partial charge in [-0.15, -0.1) is 0 Å². The van der Waals surface area contributed by atoms with Crippen LogP contribution >= 0.6 is 0 Å². The topological polar surface area (TPSA) is 104 Å². The summed E-state index contributed by atoms with van der Waals surface area (Å²) in [6.45, 7) is 0. The molecule has 0 saturated carbocycles. The van der Waals surface area contributed by atoms with Crippen molar-refractivity contribution in [2.75, 3.05) is 28.4 Å². The molecule has 0 aliphatic carbocycles. The number of allylic oxidation sites excluding steroid dienone is 1. The van der Waals surface area contributed by atoms with Gasteiger partial charge in [-0.3, -0.25) is 10.1 Å². The summed E-state index contributed by atoms with van der Waals surface area (Å²) in [4.78, 5) is 10.8. The number of hydrogen-bond donors (Lipinski definition) is 0. The number of nitriles is 1. The molecule has 27 heavy (non-hydrogen) atoms. The summed E-state index contributed by atoms with van der Waals surface area (Å²) in [5, 5.41) is 20.5. The van der Waals surface area contributed by atoms with E-state index in [1.807, 2.05) is 6.07 Å². The zero-order chi connectivity index (χ0) is 20.0. The number of methoxy groups -OCH3 is 4. The minimum absolute atomic E-state index is 0.130. The van der Waals surface area contributed by atoms with Gasteiger partial charge in [0.05, 0.1) is 39.4 Å². The lowest BCUT2D eigenvalue weighted by molar-refractivity contribution is -0.385.